The molecule has 1 unspecified atom stereocenters. The largest absolute Gasteiger partial charge is 0.325 e. The van der Waals surface area contributed by atoms with E-state index in [1.807, 2.05) is 31.2 Å². The summed E-state index contributed by atoms with van der Waals surface area (Å²) >= 11 is 5.71. The number of hydrogen-bond acceptors (Lipinski definition) is 3. The fourth-order valence-corrected chi connectivity index (χ4v) is 2.40. The van der Waals surface area contributed by atoms with Crippen LogP contribution < -0.4 is 10.6 Å². The van der Waals surface area contributed by atoms with Crippen LogP contribution in [0.3, 0.4) is 0 Å². The fourth-order valence-electron chi connectivity index (χ4n) is 2.22. The number of carbonyl (C=O) groups excluding carboxylic acids is 2. The number of benzene rings is 2. The van der Waals surface area contributed by atoms with Crippen molar-refractivity contribution in [1.29, 1.82) is 0 Å². The lowest BCUT2D eigenvalue weighted by atomic mass is 10.2. The van der Waals surface area contributed by atoms with Gasteiger partial charge >= 0.3 is 0 Å². The summed E-state index contributed by atoms with van der Waals surface area (Å²) in [6, 6.07) is 10.8. The summed E-state index contributed by atoms with van der Waals surface area (Å²) in [5.74, 6) is -1.10. The summed E-state index contributed by atoms with van der Waals surface area (Å²) in [6.07, 6.45) is 0. The Labute approximate surface area is 157 Å². The molecule has 138 valence electrons. The van der Waals surface area contributed by atoms with Gasteiger partial charge in [0.25, 0.3) is 0 Å². The van der Waals surface area contributed by atoms with E-state index in [4.69, 9.17) is 11.6 Å². The number of amides is 2. The Morgan fingerprint density at radius 3 is 2.35 bits per heavy atom. The lowest BCUT2D eigenvalue weighted by molar-refractivity contribution is -0.122. The van der Waals surface area contributed by atoms with Crippen LogP contribution in [0.4, 0.5) is 15.8 Å². The van der Waals surface area contributed by atoms with E-state index in [0.29, 0.717) is 11.4 Å². The summed E-state index contributed by atoms with van der Waals surface area (Å²) in [7, 11) is 1.68. The van der Waals surface area contributed by atoms with Crippen molar-refractivity contribution in [2.24, 2.45) is 0 Å². The summed E-state index contributed by atoms with van der Waals surface area (Å²) < 4.78 is 13.2. The van der Waals surface area contributed by atoms with Gasteiger partial charge in [-0.05, 0) is 51.2 Å². The molecule has 0 aliphatic carbocycles. The van der Waals surface area contributed by atoms with Crippen LogP contribution in [-0.4, -0.2) is 36.3 Å². The highest BCUT2D eigenvalue weighted by Gasteiger charge is 2.20. The number of halogens is 2. The van der Waals surface area contributed by atoms with Crippen molar-refractivity contribution in [3.8, 4) is 0 Å². The van der Waals surface area contributed by atoms with Crippen molar-refractivity contribution in [2.45, 2.75) is 19.9 Å². The third-order valence-electron chi connectivity index (χ3n) is 3.96. The van der Waals surface area contributed by atoms with Crippen LogP contribution in [0, 0.1) is 12.7 Å². The minimum Gasteiger partial charge on any atom is -0.325 e. The van der Waals surface area contributed by atoms with E-state index in [0.717, 1.165) is 5.56 Å². The molecule has 0 saturated heterocycles. The molecule has 5 nitrogen and oxygen atoms in total. The second kappa shape index (κ2) is 8.78. The summed E-state index contributed by atoms with van der Waals surface area (Å²) in [5.41, 5.74) is 2.20. The zero-order chi connectivity index (χ0) is 19.3. The number of nitrogens with one attached hydrogen (secondary N) is 2. The molecule has 0 bridgehead atoms. The molecule has 26 heavy (non-hydrogen) atoms. The van der Waals surface area contributed by atoms with Crippen LogP contribution in [0.1, 0.15) is 12.5 Å². The highest BCUT2D eigenvalue weighted by molar-refractivity contribution is 6.31. The Morgan fingerprint density at radius 1 is 1.12 bits per heavy atom. The minimum absolute atomic E-state index is 0.0483. The lowest BCUT2D eigenvalue weighted by Gasteiger charge is -2.23. The quantitative estimate of drug-likeness (QED) is 0.807. The van der Waals surface area contributed by atoms with E-state index >= 15 is 0 Å². The van der Waals surface area contributed by atoms with E-state index < -0.39 is 11.9 Å². The molecule has 7 heteroatoms. The Kier molecular flexibility index (Phi) is 6.71. The average Bonchev–Trinajstić information content (AvgIpc) is 2.59. The molecule has 0 aromatic heterocycles. The second-order valence-corrected chi connectivity index (χ2v) is 6.53. The van der Waals surface area contributed by atoms with E-state index in [1.165, 1.54) is 18.2 Å². The van der Waals surface area contributed by atoms with Gasteiger partial charge in [-0.25, -0.2) is 4.39 Å². The zero-order valence-corrected chi connectivity index (χ0v) is 15.6. The third-order valence-corrected chi connectivity index (χ3v) is 4.25. The highest BCUT2D eigenvalue weighted by Crippen LogP contribution is 2.19. The van der Waals surface area contributed by atoms with E-state index in [-0.39, 0.29) is 23.4 Å². The first kappa shape index (κ1) is 19.9. The highest BCUT2D eigenvalue weighted by atomic mass is 35.5. The van der Waals surface area contributed by atoms with Crippen molar-refractivity contribution >= 4 is 34.8 Å². The van der Waals surface area contributed by atoms with Crippen LogP contribution in [0.5, 0.6) is 0 Å². The molecule has 1 atom stereocenters. The van der Waals surface area contributed by atoms with Gasteiger partial charge in [0.05, 0.1) is 17.6 Å². The van der Waals surface area contributed by atoms with Gasteiger partial charge in [-0.1, -0.05) is 29.3 Å². The number of hydrogen-bond donors (Lipinski definition) is 2. The Bertz CT molecular complexity index is 796. The maximum Gasteiger partial charge on any atom is 0.241 e. The maximum atomic E-state index is 13.2. The van der Waals surface area contributed by atoms with Crippen LogP contribution in [0.15, 0.2) is 42.5 Å². The maximum absolute atomic E-state index is 13.2. The number of anilines is 2. The number of aryl methyl sites for hydroxylation is 1. The molecule has 0 spiro atoms. The molecule has 2 N–H and O–H groups in total. The molecule has 0 aliphatic heterocycles. The average molecular weight is 378 g/mol. The van der Waals surface area contributed by atoms with Gasteiger partial charge < -0.3 is 10.6 Å². The molecule has 0 saturated carbocycles. The monoisotopic (exact) mass is 377 g/mol. The van der Waals surface area contributed by atoms with Gasteiger partial charge in [-0.3, -0.25) is 14.5 Å². The molecule has 0 heterocycles. The van der Waals surface area contributed by atoms with Crippen molar-refractivity contribution in [1.82, 2.24) is 4.90 Å². The molecule has 0 fully saturated rings. The first-order chi connectivity index (χ1) is 12.3. The molecule has 2 amide bonds. The molecule has 2 aromatic rings. The first-order valence-electron chi connectivity index (χ1n) is 8.09. The molecular formula is C19H21ClFN3O2. The van der Waals surface area contributed by atoms with E-state index in [1.54, 1.807) is 18.9 Å². The smallest absolute Gasteiger partial charge is 0.241 e. The number of nitrogens with zero attached hydrogens (tertiary/aromatic N) is 1. The Balaban J connectivity index is 1.89. The zero-order valence-electron chi connectivity index (χ0n) is 14.8. The second-order valence-electron chi connectivity index (χ2n) is 6.12. The van der Waals surface area contributed by atoms with Gasteiger partial charge in [0.15, 0.2) is 0 Å². The number of likely N-dealkylation sites (N-methyl/N-ethyl adjacent to an activating group) is 1. The minimum atomic E-state index is -0.567. The third kappa shape index (κ3) is 5.54. The van der Waals surface area contributed by atoms with E-state index in [9.17, 15) is 14.0 Å². The van der Waals surface area contributed by atoms with Gasteiger partial charge in [-0.2, -0.15) is 0 Å². The summed E-state index contributed by atoms with van der Waals surface area (Å²) in [4.78, 5) is 26.1. The topological polar surface area (TPSA) is 61.4 Å². The van der Waals surface area contributed by atoms with Gasteiger partial charge in [0, 0.05) is 11.4 Å². The SMILES string of the molecule is Cc1ccc(NC(=O)CN(C)C(C)C(=O)Nc2ccc(F)c(Cl)c2)cc1. The van der Waals surface area contributed by atoms with Gasteiger partial charge in [-0.15, -0.1) is 0 Å². The van der Waals surface area contributed by atoms with Crippen LogP contribution in [0.2, 0.25) is 5.02 Å². The molecular weight excluding hydrogens is 357 g/mol. The van der Waals surface area contributed by atoms with Gasteiger partial charge in [0.1, 0.15) is 5.82 Å². The lowest BCUT2D eigenvalue weighted by Crippen LogP contribution is -2.43. The van der Waals surface area contributed by atoms with Crippen molar-refractivity contribution in [3.05, 3.63) is 58.9 Å². The first-order valence-corrected chi connectivity index (χ1v) is 8.46. The summed E-state index contributed by atoms with van der Waals surface area (Å²) in [6.45, 7) is 3.69. The van der Waals surface area contributed by atoms with Crippen LogP contribution in [-0.2, 0) is 9.59 Å². The number of carbonyl (C=O) groups is 2. The molecule has 2 aromatic carbocycles. The van der Waals surface area contributed by atoms with E-state index in [2.05, 4.69) is 10.6 Å². The van der Waals surface area contributed by atoms with Crippen LogP contribution in [0.25, 0.3) is 0 Å². The predicted octanol–water partition coefficient (Wildman–Crippen LogP) is 3.69. The molecule has 2 rings (SSSR count). The molecule has 0 aliphatic rings. The van der Waals surface area contributed by atoms with Crippen molar-refractivity contribution < 1.29 is 14.0 Å². The Morgan fingerprint density at radius 2 is 1.73 bits per heavy atom. The standard InChI is InChI=1S/C19H21ClFN3O2/c1-12-4-6-14(7-5-12)22-18(25)11-24(3)13(2)19(26)23-15-8-9-17(21)16(20)10-15/h4-10,13H,11H2,1-3H3,(H,22,25)(H,23,26). The van der Waals surface area contributed by atoms with Crippen molar-refractivity contribution in [3.63, 3.8) is 0 Å². The van der Waals surface area contributed by atoms with Crippen molar-refractivity contribution in [2.75, 3.05) is 24.2 Å². The fraction of sp³-hybridized carbons (Fsp3) is 0.263. The summed E-state index contributed by atoms with van der Waals surface area (Å²) in [5, 5.41) is 5.37. The molecule has 0 radical (unpaired) electrons. The predicted molar refractivity (Wildman–Crippen MR) is 102 cm³/mol. The normalized spacial score (nSPS) is 11.9. The number of rotatable bonds is 6. The van der Waals surface area contributed by atoms with Gasteiger partial charge in [0.2, 0.25) is 11.8 Å². The van der Waals surface area contributed by atoms with Crippen LogP contribution >= 0.6 is 11.6 Å². The Hall–Kier alpha value is -2.44.